The number of rotatable bonds is 4. The molecule has 0 atom stereocenters. The Kier molecular flexibility index (Phi) is 4.74. The fourth-order valence-corrected chi connectivity index (χ4v) is 3.67. The molecule has 0 aliphatic rings. The van der Waals surface area contributed by atoms with Crippen LogP contribution in [0.4, 0.5) is 5.13 Å². The second-order valence-electron chi connectivity index (χ2n) is 5.78. The van der Waals surface area contributed by atoms with Gasteiger partial charge in [0.2, 0.25) is 5.91 Å². The van der Waals surface area contributed by atoms with Crippen molar-refractivity contribution < 1.29 is 4.79 Å². The summed E-state index contributed by atoms with van der Waals surface area (Å²) in [7, 11) is 1.71. The number of nitrogens with zero attached hydrogens (tertiary/aromatic N) is 5. The number of nitrogens with one attached hydrogen (secondary N) is 1. The lowest BCUT2D eigenvalue weighted by atomic mass is 10.2. The molecule has 0 aliphatic carbocycles. The number of aromatic nitrogens is 5. The van der Waals surface area contributed by atoms with E-state index in [1.807, 2.05) is 29.6 Å². The van der Waals surface area contributed by atoms with Crippen LogP contribution in [0.1, 0.15) is 0 Å². The summed E-state index contributed by atoms with van der Waals surface area (Å²) in [6, 6.07) is 7.97. The number of hydrogen-bond acceptors (Lipinski definition) is 6. The highest BCUT2D eigenvalue weighted by atomic mass is 127. The third-order valence-corrected chi connectivity index (χ3v) is 5.40. The van der Waals surface area contributed by atoms with E-state index in [2.05, 4.69) is 43.0 Å². The first kappa shape index (κ1) is 17.8. The van der Waals surface area contributed by atoms with Gasteiger partial charge in [-0.05, 0) is 34.7 Å². The van der Waals surface area contributed by atoms with Gasteiger partial charge in [-0.15, -0.1) is 11.3 Å². The molecule has 0 aliphatic heterocycles. The average molecular weight is 492 g/mol. The molecule has 0 saturated heterocycles. The molecule has 0 saturated carbocycles. The quantitative estimate of drug-likeness (QED) is 0.442. The van der Waals surface area contributed by atoms with Gasteiger partial charge in [0.15, 0.2) is 10.8 Å². The smallest absolute Gasteiger partial charge is 0.264 e. The van der Waals surface area contributed by atoms with Gasteiger partial charge in [-0.25, -0.2) is 9.97 Å². The molecule has 1 N–H and O–H groups in total. The minimum Gasteiger partial charge on any atom is -0.300 e. The van der Waals surface area contributed by atoms with Crippen molar-refractivity contribution in [3.63, 3.8) is 0 Å². The van der Waals surface area contributed by atoms with Crippen molar-refractivity contribution in [1.29, 1.82) is 0 Å². The van der Waals surface area contributed by atoms with Crippen LogP contribution < -0.4 is 10.9 Å². The number of amides is 1. The third-order valence-electron chi connectivity index (χ3n) is 3.92. The molecule has 136 valence electrons. The van der Waals surface area contributed by atoms with Crippen LogP contribution in [0.25, 0.3) is 22.3 Å². The normalized spacial score (nSPS) is 11.0. The van der Waals surface area contributed by atoms with Crippen molar-refractivity contribution in [2.24, 2.45) is 7.05 Å². The highest BCUT2D eigenvalue weighted by Gasteiger charge is 2.12. The van der Waals surface area contributed by atoms with Crippen molar-refractivity contribution in [3.8, 4) is 11.3 Å². The van der Waals surface area contributed by atoms with Gasteiger partial charge in [0, 0.05) is 21.6 Å². The van der Waals surface area contributed by atoms with Crippen LogP contribution in [-0.4, -0.2) is 30.2 Å². The van der Waals surface area contributed by atoms with Crippen molar-refractivity contribution >= 4 is 56.0 Å². The maximum atomic E-state index is 12.4. The topological polar surface area (TPSA) is 94.7 Å². The van der Waals surface area contributed by atoms with E-state index in [1.165, 1.54) is 33.1 Å². The molecule has 1 aromatic carbocycles. The van der Waals surface area contributed by atoms with Gasteiger partial charge < -0.3 is 5.32 Å². The lowest BCUT2D eigenvalue weighted by Gasteiger charge is -2.05. The van der Waals surface area contributed by atoms with Crippen LogP contribution in [0, 0.1) is 3.57 Å². The molecule has 3 aromatic heterocycles. The Morgan fingerprint density at radius 2 is 2.07 bits per heavy atom. The zero-order chi connectivity index (χ0) is 19.0. The predicted octanol–water partition coefficient (Wildman–Crippen LogP) is 2.50. The van der Waals surface area contributed by atoms with Crippen molar-refractivity contribution in [1.82, 2.24) is 24.3 Å². The molecule has 10 heteroatoms. The lowest BCUT2D eigenvalue weighted by molar-refractivity contribution is -0.116. The van der Waals surface area contributed by atoms with Crippen LogP contribution in [-0.2, 0) is 18.4 Å². The second-order valence-corrected chi connectivity index (χ2v) is 7.88. The number of anilines is 1. The molecule has 4 aromatic rings. The summed E-state index contributed by atoms with van der Waals surface area (Å²) in [6.45, 7) is -0.144. The predicted molar refractivity (Wildman–Crippen MR) is 112 cm³/mol. The van der Waals surface area contributed by atoms with Gasteiger partial charge in [-0.1, -0.05) is 12.1 Å². The van der Waals surface area contributed by atoms with Crippen LogP contribution in [0.15, 0.2) is 47.0 Å². The van der Waals surface area contributed by atoms with Gasteiger partial charge in [0.25, 0.3) is 5.56 Å². The summed E-state index contributed by atoms with van der Waals surface area (Å²) in [4.78, 5) is 33.4. The summed E-state index contributed by atoms with van der Waals surface area (Å²) in [6.07, 6.45) is 2.80. The monoisotopic (exact) mass is 492 g/mol. The van der Waals surface area contributed by atoms with E-state index in [-0.39, 0.29) is 18.0 Å². The van der Waals surface area contributed by atoms with Crippen molar-refractivity contribution in [2.75, 3.05) is 5.32 Å². The van der Waals surface area contributed by atoms with E-state index in [4.69, 9.17) is 0 Å². The fraction of sp³-hybridized carbons (Fsp3) is 0.118. The van der Waals surface area contributed by atoms with E-state index in [0.717, 1.165) is 14.8 Å². The van der Waals surface area contributed by atoms with E-state index in [0.29, 0.717) is 16.2 Å². The van der Waals surface area contributed by atoms with Gasteiger partial charge in [0.05, 0.1) is 11.9 Å². The minimum atomic E-state index is -0.342. The highest BCUT2D eigenvalue weighted by Crippen LogP contribution is 2.25. The number of carbonyl (C=O) groups is 1. The van der Waals surface area contributed by atoms with E-state index in [9.17, 15) is 9.59 Å². The summed E-state index contributed by atoms with van der Waals surface area (Å²) in [5.41, 5.74) is 1.96. The van der Waals surface area contributed by atoms with Crippen molar-refractivity contribution in [3.05, 3.63) is 56.1 Å². The maximum Gasteiger partial charge on any atom is 0.264 e. The second kappa shape index (κ2) is 7.19. The summed E-state index contributed by atoms with van der Waals surface area (Å²) < 4.78 is 3.92. The lowest BCUT2D eigenvalue weighted by Crippen LogP contribution is -2.27. The molecule has 4 rings (SSSR count). The van der Waals surface area contributed by atoms with E-state index in [1.54, 1.807) is 7.05 Å². The maximum absolute atomic E-state index is 12.4. The summed E-state index contributed by atoms with van der Waals surface area (Å²) in [5.74, 6) is -0.342. The number of fused-ring (bicyclic) bond motifs is 1. The van der Waals surface area contributed by atoms with Crippen LogP contribution >= 0.6 is 33.9 Å². The molecule has 0 fully saturated rings. The zero-order valence-electron chi connectivity index (χ0n) is 14.1. The number of carbonyl (C=O) groups excluding carboxylic acids is 1. The SMILES string of the molecule is Cn1ncc2c(=O)n(CC(=O)Nc3nc(-c4ccc(I)cc4)cs3)cnc21. The number of halogens is 1. The molecule has 27 heavy (non-hydrogen) atoms. The first-order valence-electron chi connectivity index (χ1n) is 7.90. The summed E-state index contributed by atoms with van der Waals surface area (Å²) >= 11 is 3.58. The molecule has 0 bridgehead atoms. The molecule has 0 unspecified atom stereocenters. The van der Waals surface area contributed by atoms with Crippen LogP contribution in [0.2, 0.25) is 0 Å². The zero-order valence-corrected chi connectivity index (χ0v) is 17.1. The average Bonchev–Trinajstić information content (AvgIpc) is 3.25. The Morgan fingerprint density at radius 1 is 1.30 bits per heavy atom. The molecule has 0 spiro atoms. The number of benzene rings is 1. The van der Waals surface area contributed by atoms with E-state index >= 15 is 0 Å². The van der Waals surface area contributed by atoms with Crippen LogP contribution in [0.3, 0.4) is 0 Å². The van der Waals surface area contributed by atoms with Gasteiger partial charge in [0.1, 0.15) is 18.3 Å². The minimum absolute atomic E-state index is 0.144. The van der Waals surface area contributed by atoms with Gasteiger partial charge in [-0.2, -0.15) is 5.10 Å². The highest BCUT2D eigenvalue weighted by molar-refractivity contribution is 14.1. The molecule has 3 heterocycles. The Morgan fingerprint density at radius 3 is 2.85 bits per heavy atom. The van der Waals surface area contributed by atoms with Crippen molar-refractivity contribution in [2.45, 2.75) is 6.54 Å². The molecular formula is C17H13IN6O2S. The molecular weight excluding hydrogens is 479 g/mol. The number of hydrogen-bond donors (Lipinski definition) is 1. The summed E-state index contributed by atoms with van der Waals surface area (Å²) in [5, 5.41) is 9.49. The van der Waals surface area contributed by atoms with Gasteiger partial charge in [-0.3, -0.25) is 18.8 Å². The number of aryl methyl sites for hydroxylation is 1. The molecule has 0 radical (unpaired) electrons. The Balaban J connectivity index is 1.49. The first-order valence-corrected chi connectivity index (χ1v) is 9.85. The van der Waals surface area contributed by atoms with E-state index < -0.39 is 0 Å². The Bertz CT molecular complexity index is 1190. The standard InChI is InChI=1S/C17H13IN6O2S/c1-23-15-12(6-20-23)16(26)24(9-19-15)7-14(25)22-17-21-13(8-27-17)10-2-4-11(18)5-3-10/h2-6,8-9H,7H2,1H3,(H,21,22,25). The van der Waals surface area contributed by atoms with Gasteiger partial charge >= 0.3 is 0 Å². The number of thiazole rings is 1. The molecule has 8 nitrogen and oxygen atoms in total. The largest absolute Gasteiger partial charge is 0.300 e. The van der Waals surface area contributed by atoms with Crippen LogP contribution in [0.5, 0.6) is 0 Å². The third kappa shape index (κ3) is 3.62. The Labute approximate surface area is 171 Å². The Hall–Kier alpha value is -2.60. The fourth-order valence-electron chi connectivity index (χ4n) is 2.58. The first-order chi connectivity index (χ1) is 13.0. The molecule has 1 amide bonds.